The third kappa shape index (κ3) is 4.34. The number of nitrogens with zero attached hydrogens (tertiary/aromatic N) is 8. The van der Waals surface area contributed by atoms with E-state index in [9.17, 15) is 9.90 Å². The molecule has 1 saturated carbocycles. The van der Waals surface area contributed by atoms with Gasteiger partial charge in [-0.1, -0.05) is 12.1 Å². The number of aliphatic hydroxyl groups is 1. The van der Waals surface area contributed by atoms with E-state index in [4.69, 9.17) is 0 Å². The number of pyridine rings is 1. The predicted octanol–water partition coefficient (Wildman–Crippen LogP) is 4.00. The van der Waals surface area contributed by atoms with Gasteiger partial charge in [-0.05, 0) is 75.1 Å². The van der Waals surface area contributed by atoms with Gasteiger partial charge in [-0.25, -0.2) is 4.52 Å². The van der Waals surface area contributed by atoms with Gasteiger partial charge in [0.1, 0.15) is 0 Å². The van der Waals surface area contributed by atoms with Crippen molar-refractivity contribution in [1.29, 1.82) is 0 Å². The number of carbonyl (C=O) groups excluding carboxylic acids is 1. The molecule has 0 saturated heterocycles. The summed E-state index contributed by atoms with van der Waals surface area (Å²) in [5.41, 5.74) is 6.21. The van der Waals surface area contributed by atoms with Crippen LogP contribution in [-0.4, -0.2) is 56.7 Å². The molecule has 0 unspecified atom stereocenters. The number of fused-ring (bicyclic) bond motifs is 1. The summed E-state index contributed by atoms with van der Waals surface area (Å²) < 4.78 is 3.46. The van der Waals surface area contributed by atoms with Gasteiger partial charge in [0.05, 0.1) is 41.2 Å². The maximum atomic E-state index is 13.4. The number of rotatable bonds is 7. The number of aryl methyl sites for hydroxylation is 2. The number of anilines is 1. The minimum Gasteiger partial charge on any atom is -0.391 e. The summed E-state index contributed by atoms with van der Waals surface area (Å²) in [4.78, 5) is 15.1. The van der Waals surface area contributed by atoms with E-state index in [1.54, 1.807) is 27.1 Å². The lowest BCUT2D eigenvalue weighted by Gasteiger charge is -2.14. The molecule has 11 nitrogen and oxygen atoms in total. The highest BCUT2D eigenvalue weighted by Crippen LogP contribution is 2.34. The third-order valence-corrected chi connectivity index (χ3v) is 7.15. The van der Waals surface area contributed by atoms with Gasteiger partial charge >= 0.3 is 0 Å². The van der Waals surface area contributed by atoms with Gasteiger partial charge < -0.3 is 10.4 Å². The van der Waals surface area contributed by atoms with E-state index in [0.29, 0.717) is 28.6 Å². The number of hydrogen-bond acceptors (Lipinski definition) is 7. The maximum Gasteiger partial charge on any atom is 0.259 e. The van der Waals surface area contributed by atoms with Crippen LogP contribution in [0.4, 0.5) is 5.69 Å². The Balaban J connectivity index is 1.29. The van der Waals surface area contributed by atoms with Crippen molar-refractivity contribution in [1.82, 2.24) is 39.6 Å². The number of carbonyl (C=O) groups is 1. The molecule has 0 spiro atoms. The molecule has 6 rings (SSSR count). The predicted molar refractivity (Wildman–Crippen MR) is 142 cm³/mol. The van der Waals surface area contributed by atoms with E-state index in [2.05, 4.69) is 30.9 Å². The van der Waals surface area contributed by atoms with Gasteiger partial charge in [0, 0.05) is 29.2 Å². The molecule has 1 aliphatic rings. The van der Waals surface area contributed by atoms with E-state index in [-0.39, 0.29) is 11.9 Å². The van der Waals surface area contributed by atoms with Gasteiger partial charge in [-0.15, -0.1) is 10.2 Å². The van der Waals surface area contributed by atoms with Gasteiger partial charge in [-0.2, -0.15) is 15.0 Å². The zero-order valence-electron chi connectivity index (χ0n) is 21.7. The molecular formula is C27H29N9O2. The van der Waals surface area contributed by atoms with Crippen LogP contribution in [0, 0.1) is 13.8 Å². The molecule has 1 aromatic carbocycles. The first-order valence-corrected chi connectivity index (χ1v) is 12.7. The summed E-state index contributed by atoms with van der Waals surface area (Å²) in [5.74, 6) is 0.274. The third-order valence-electron chi connectivity index (χ3n) is 7.15. The van der Waals surface area contributed by atoms with Crippen LogP contribution in [0.15, 0.2) is 48.9 Å². The molecule has 1 amide bonds. The fraction of sp³-hybridized carbons (Fsp3) is 0.333. The topological polar surface area (TPSA) is 128 Å². The summed E-state index contributed by atoms with van der Waals surface area (Å²) in [7, 11) is 0. The van der Waals surface area contributed by atoms with Gasteiger partial charge in [-0.3, -0.25) is 9.48 Å². The van der Waals surface area contributed by atoms with Crippen molar-refractivity contribution in [2.45, 2.75) is 58.7 Å². The zero-order valence-corrected chi connectivity index (χ0v) is 21.7. The van der Waals surface area contributed by atoms with Crippen LogP contribution in [0.25, 0.3) is 28.0 Å². The highest BCUT2D eigenvalue weighted by molar-refractivity contribution is 6.09. The number of amides is 1. The van der Waals surface area contributed by atoms with Crippen molar-refractivity contribution in [3.63, 3.8) is 0 Å². The first-order valence-electron chi connectivity index (χ1n) is 12.7. The van der Waals surface area contributed by atoms with Gasteiger partial charge in [0.15, 0.2) is 0 Å². The molecule has 1 aliphatic carbocycles. The highest BCUT2D eigenvalue weighted by atomic mass is 16.3. The number of tetrazole rings is 1. The molecule has 0 bridgehead atoms. The smallest absolute Gasteiger partial charge is 0.259 e. The SMILES string of the molecule is Cc1ccc(-c2nnn(C3CC3)n2)cc1NC(=O)c1cnn2ccc(-c3cn([C@H](C)[C@H](C)O)nc3C)cc12. The minimum atomic E-state index is -0.530. The minimum absolute atomic E-state index is 0.157. The number of aromatic nitrogens is 8. The Kier molecular flexibility index (Phi) is 5.79. The molecule has 0 aliphatic heterocycles. The Bertz CT molecular complexity index is 1660. The van der Waals surface area contributed by atoms with Crippen LogP contribution in [0.5, 0.6) is 0 Å². The fourth-order valence-corrected chi connectivity index (χ4v) is 4.40. The zero-order chi connectivity index (χ0) is 26.6. The van der Waals surface area contributed by atoms with Crippen LogP contribution >= 0.6 is 0 Å². The Morgan fingerprint density at radius 1 is 1.11 bits per heavy atom. The Hall–Kier alpha value is -4.38. The van der Waals surface area contributed by atoms with E-state index in [0.717, 1.165) is 40.8 Å². The molecule has 5 aromatic rings. The van der Waals surface area contributed by atoms with E-state index < -0.39 is 6.10 Å². The molecule has 38 heavy (non-hydrogen) atoms. The van der Waals surface area contributed by atoms with Crippen LogP contribution in [-0.2, 0) is 0 Å². The average Bonchev–Trinajstić information content (AvgIpc) is 3.30. The van der Waals surface area contributed by atoms with E-state index >= 15 is 0 Å². The first-order chi connectivity index (χ1) is 18.3. The summed E-state index contributed by atoms with van der Waals surface area (Å²) in [6.45, 7) is 7.54. The monoisotopic (exact) mass is 511 g/mol. The molecule has 0 radical (unpaired) electrons. The lowest BCUT2D eigenvalue weighted by Crippen LogP contribution is -2.18. The summed E-state index contributed by atoms with van der Waals surface area (Å²) >= 11 is 0. The molecule has 1 fully saturated rings. The van der Waals surface area contributed by atoms with Crippen molar-refractivity contribution in [3.05, 3.63) is 65.7 Å². The molecule has 2 N–H and O–H groups in total. The van der Waals surface area contributed by atoms with Crippen LogP contribution in [0.3, 0.4) is 0 Å². The first kappa shape index (κ1) is 24.0. The van der Waals surface area contributed by atoms with Crippen LogP contribution in [0.2, 0.25) is 0 Å². The lowest BCUT2D eigenvalue weighted by molar-refractivity contribution is 0.102. The van der Waals surface area contributed by atoms with Crippen molar-refractivity contribution in [2.75, 3.05) is 5.32 Å². The maximum absolute atomic E-state index is 13.4. The molecule has 194 valence electrons. The van der Waals surface area contributed by atoms with Gasteiger partial charge in [0.25, 0.3) is 5.91 Å². The summed E-state index contributed by atoms with van der Waals surface area (Å²) in [5, 5.41) is 34.8. The van der Waals surface area contributed by atoms with Crippen molar-refractivity contribution < 1.29 is 9.90 Å². The molecule has 4 aromatic heterocycles. The second-order valence-electron chi connectivity index (χ2n) is 10.0. The van der Waals surface area contributed by atoms with Crippen LogP contribution < -0.4 is 5.32 Å². The van der Waals surface area contributed by atoms with Crippen molar-refractivity contribution in [3.8, 4) is 22.5 Å². The summed E-state index contributed by atoms with van der Waals surface area (Å²) in [6.07, 6.45) is 6.96. The van der Waals surface area contributed by atoms with Gasteiger partial charge in [0.2, 0.25) is 5.82 Å². The molecule has 11 heteroatoms. The highest BCUT2D eigenvalue weighted by Gasteiger charge is 2.26. The largest absolute Gasteiger partial charge is 0.391 e. The molecule has 4 heterocycles. The molecular weight excluding hydrogens is 482 g/mol. The average molecular weight is 512 g/mol. The fourth-order valence-electron chi connectivity index (χ4n) is 4.40. The standard InChI is InChI=1S/C27H29N9O2/c1-15-5-6-20(26-30-33-36(32-26)21-7-8-21)11-24(15)29-27(38)22-13-28-34-10-9-19(12-25(22)34)23-14-35(31-16(23)2)17(3)18(4)37/h5-6,9-14,17-18,21,37H,7-8H2,1-4H3,(H,29,38)/t17-,18+/m1/s1. The van der Waals surface area contributed by atoms with Crippen LogP contribution in [0.1, 0.15) is 60.4 Å². The Labute approximate surface area is 219 Å². The summed E-state index contributed by atoms with van der Waals surface area (Å²) in [6, 6.07) is 9.81. The Morgan fingerprint density at radius 3 is 2.68 bits per heavy atom. The second kappa shape index (κ2) is 9.18. The molecule has 2 atom stereocenters. The number of benzene rings is 1. The lowest BCUT2D eigenvalue weighted by atomic mass is 10.1. The quantitative estimate of drug-likeness (QED) is 0.338. The van der Waals surface area contributed by atoms with E-state index in [1.807, 2.05) is 63.5 Å². The van der Waals surface area contributed by atoms with Crippen molar-refractivity contribution in [2.24, 2.45) is 0 Å². The van der Waals surface area contributed by atoms with Crippen molar-refractivity contribution >= 4 is 17.1 Å². The Morgan fingerprint density at radius 2 is 1.92 bits per heavy atom. The van der Waals surface area contributed by atoms with E-state index in [1.165, 1.54) is 0 Å². The second-order valence-corrected chi connectivity index (χ2v) is 10.0. The number of nitrogens with one attached hydrogen (secondary N) is 1. The normalized spacial score (nSPS) is 15.1. The number of aliphatic hydroxyl groups excluding tert-OH is 1. The number of hydrogen-bond donors (Lipinski definition) is 2.